The molecule has 0 fully saturated rings. The zero-order valence-electron chi connectivity index (χ0n) is 21.0. The second-order valence-electron chi connectivity index (χ2n) is 8.81. The maximum Gasteiger partial charge on any atom is 0.150 e. The van der Waals surface area contributed by atoms with Gasteiger partial charge in [0.15, 0.2) is 0 Å². The van der Waals surface area contributed by atoms with E-state index in [1.54, 1.807) is 0 Å². The van der Waals surface area contributed by atoms with Crippen molar-refractivity contribution in [3.8, 4) is 11.5 Å². The van der Waals surface area contributed by atoms with Gasteiger partial charge in [0.25, 0.3) is 0 Å². The van der Waals surface area contributed by atoms with Crippen LogP contribution in [-0.4, -0.2) is 23.9 Å². The topological polar surface area (TPSA) is 47.0 Å². The van der Waals surface area contributed by atoms with Gasteiger partial charge in [-0.2, -0.15) is 5.10 Å². The molecule has 0 radical (unpaired) electrons. The SMILES string of the molecule is CCOc1ccc(C=CC2=NN(c3cc(C)c4ccccc4n3)C(c3ccc(OCC)cc3)C2)cc1. The van der Waals surface area contributed by atoms with Gasteiger partial charge in [0.1, 0.15) is 17.3 Å². The number of aryl methyl sites for hydroxylation is 1. The Hall–Kier alpha value is -4.12. The molecule has 4 aromatic rings. The third kappa shape index (κ3) is 5.10. The van der Waals surface area contributed by atoms with E-state index in [0.717, 1.165) is 45.9 Å². The van der Waals surface area contributed by atoms with E-state index < -0.39 is 0 Å². The molecule has 0 spiro atoms. The molecule has 5 rings (SSSR count). The highest BCUT2D eigenvalue weighted by Crippen LogP contribution is 2.36. The Morgan fingerprint density at radius 3 is 2.22 bits per heavy atom. The summed E-state index contributed by atoms with van der Waals surface area (Å²) >= 11 is 0. The lowest BCUT2D eigenvalue weighted by Gasteiger charge is -2.24. The normalized spacial score (nSPS) is 15.5. The van der Waals surface area contributed by atoms with E-state index in [2.05, 4.69) is 72.6 Å². The van der Waals surface area contributed by atoms with Crippen LogP contribution in [0.1, 0.15) is 43.0 Å². The predicted molar refractivity (Wildman–Crippen MR) is 148 cm³/mol. The van der Waals surface area contributed by atoms with Crippen molar-refractivity contribution in [3.63, 3.8) is 0 Å². The van der Waals surface area contributed by atoms with Gasteiger partial charge in [0.2, 0.25) is 0 Å². The van der Waals surface area contributed by atoms with Crippen molar-refractivity contribution < 1.29 is 9.47 Å². The molecule has 5 heteroatoms. The smallest absolute Gasteiger partial charge is 0.150 e. The van der Waals surface area contributed by atoms with Crippen LogP contribution in [0.15, 0.2) is 90.0 Å². The van der Waals surface area contributed by atoms with Crippen LogP contribution >= 0.6 is 0 Å². The molecule has 1 aliphatic heterocycles. The Morgan fingerprint density at radius 2 is 1.53 bits per heavy atom. The summed E-state index contributed by atoms with van der Waals surface area (Å²) in [5, 5.41) is 8.26. The second kappa shape index (κ2) is 10.6. The van der Waals surface area contributed by atoms with Crippen LogP contribution in [0.5, 0.6) is 11.5 Å². The Bertz CT molecular complexity index is 1390. The van der Waals surface area contributed by atoms with Crippen LogP contribution in [0, 0.1) is 6.92 Å². The molecule has 0 saturated heterocycles. The monoisotopic (exact) mass is 477 g/mol. The summed E-state index contributed by atoms with van der Waals surface area (Å²) < 4.78 is 11.2. The quantitative estimate of drug-likeness (QED) is 0.266. The number of aromatic nitrogens is 1. The molecule has 182 valence electrons. The number of hydrazone groups is 1. The first-order valence-electron chi connectivity index (χ1n) is 12.5. The van der Waals surface area contributed by atoms with Crippen LogP contribution < -0.4 is 14.5 Å². The van der Waals surface area contributed by atoms with E-state index in [-0.39, 0.29) is 6.04 Å². The fourth-order valence-corrected chi connectivity index (χ4v) is 4.54. The number of hydrogen-bond acceptors (Lipinski definition) is 5. The maximum atomic E-state index is 5.66. The molecule has 5 nitrogen and oxygen atoms in total. The van der Waals surface area contributed by atoms with Crippen molar-refractivity contribution in [2.45, 2.75) is 33.2 Å². The standard InChI is InChI=1S/C31H31N3O2/c1-4-35-26-16-11-23(12-17-26)10-15-25-21-30(24-13-18-27(19-14-24)36-5-2)34(33-25)31-20-22(3)28-8-6-7-9-29(28)32-31/h6-20,30H,4-5,21H2,1-3H3. The Labute approximate surface area is 212 Å². The number of hydrogen-bond donors (Lipinski definition) is 0. The van der Waals surface area contributed by atoms with Gasteiger partial charge in [-0.05, 0) is 79.9 Å². The van der Waals surface area contributed by atoms with E-state index in [9.17, 15) is 0 Å². The molecular formula is C31H31N3O2. The molecule has 0 aliphatic carbocycles. The summed E-state index contributed by atoms with van der Waals surface area (Å²) in [7, 11) is 0. The summed E-state index contributed by atoms with van der Waals surface area (Å²) in [6.45, 7) is 7.43. The Morgan fingerprint density at radius 1 is 0.861 bits per heavy atom. The van der Waals surface area contributed by atoms with Gasteiger partial charge < -0.3 is 9.47 Å². The molecule has 0 bridgehead atoms. The molecule has 1 atom stereocenters. The summed E-state index contributed by atoms with van der Waals surface area (Å²) in [6, 6.07) is 26.9. The third-order valence-electron chi connectivity index (χ3n) is 6.31. The number of anilines is 1. The lowest BCUT2D eigenvalue weighted by atomic mass is 10.0. The number of benzene rings is 3. The van der Waals surface area contributed by atoms with Gasteiger partial charge in [0, 0.05) is 11.8 Å². The number of nitrogens with zero attached hydrogens (tertiary/aromatic N) is 3. The molecule has 0 N–H and O–H groups in total. The number of fused-ring (bicyclic) bond motifs is 1. The number of ether oxygens (including phenoxy) is 2. The van der Waals surface area contributed by atoms with Gasteiger partial charge in [0.05, 0.1) is 30.5 Å². The van der Waals surface area contributed by atoms with Crippen molar-refractivity contribution in [1.29, 1.82) is 0 Å². The summed E-state index contributed by atoms with van der Waals surface area (Å²) in [5.74, 6) is 2.61. The molecule has 0 saturated carbocycles. The van der Waals surface area contributed by atoms with Crippen LogP contribution in [0.3, 0.4) is 0 Å². The minimum Gasteiger partial charge on any atom is -0.494 e. The number of rotatable bonds is 8. The molecular weight excluding hydrogens is 446 g/mol. The largest absolute Gasteiger partial charge is 0.494 e. The third-order valence-corrected chi connectivity index (χ3v) is 6.31. The molecule has 1 aliphatic rings. The van der Waals surface area contributed by atoms with Gasteiger partial charge in [-0.1, -0.05) is 48.5 Å². The van der Waals surface area contributed by atoms with E-state index in [4.69, 9.17) is 19.6 Å². The minimum atomic E-state index is 0.0497. The minimum absolute atomic E-state index is 0.0497. The molecule has 1 aromatic heterocycles. The van der Waals surface area contributed by atoms with Crippen LogP contribution in [0.25, 0.3) is 17.0 Å². The first kappa shape index (κ1) is 23.6. The van der Waals surface area contributed by atoms with Crippen LogP contribution in [0.2, 0.25) is 0 Å². The Balaban J connectivity index is 1.47. The van der Waals surface area contributed by atoms with E-state index in [1.165, 1.54) is 11.1 Å². The number of pyridine rings is 1. The van der Waals surface area contributed by atoms with Crippen molar-refractivity contribution in [2.24, 2.45) is 5.10 Å². The van der Waals surface area contributed by atoms with Gasteiger partial charge in [-0.25, -0.2) is 9.99 Å². The number of para-hydroxylation sites is 1. The maximum absolute atomic E-state index is 5.66. The first-order chi connectivity index (χ1) is 17.6. The fraction of sp³-hybridized carbons (Fsp3) is 0.226. The predicted octanol–water partition coefficient (Wildman–Crippen LogP) is 7.36. The molecule has 2 heterocycles. The second-order valence-corrected chi connectivity index (χ2v) is 8.81. The van der Waals surface area contributed by atoms with Crippen molar-refractivity contribution in [3.05, 3.63) is 102 Å². The van der Waals surface area contributed by atoms with E-state index in [0.29, 0.717) is 13.2 Å². The van der Waals surface area contributed by atoms with Crippen LogP contribution in [-0.2, 0) is 0 Å². The van der Waals surface area contributed by atoms with Gasteiger partial charge in [-0.15, -0.1) is 0 Å². The van der Waals surface area contributed by atoms with E-state index >= 15 is 0 Å². The lowest BCUT2D eigenvalue weighted by molar-refractivity contribution is 0.340. The average Bonchev–Trinajstić information content (AvgIpc) is 3.33. The average molecular weight is 478 g/mol. The molecule has 3 aromatic carbocycles. The highest BCUT2D eigenvalue weighted by Gasteiger charge is 2.29. The lowest BCUT2D eigenvalue weighted by Crippen LogP contribution is -2.19. The van der Waals surface area contributed by atoms with Crippen molar-refractivity contribution in [1.82, 2.24) is 4.98 Å². The van der Waals surface area contributed by atoms with Crippen molar-refractivity contribution >= 4 is 28.5 Å². The number of allylic oxidation sites excluding steroid dienone is 1. The van der Waals surface area contributed by atoms with Crippen molar-refractivity contribution in [2.75, 3.05) is 18.2 Å². The highest BCUT2D eigenvalue weighted by molar-refractivity contribution is 6.01. The van der Waals surface area contributed by atoms with Gasteiger partial charge in [-0.3, -0.25) is 0 Å². The molecule has 0 amide bonds. The van der Waals surface area contributed by atoms with Crippen LogP contribution in [0.4, 0.5) is 5.82 Å². The summed E-state index contributed by atoms with van der Waals surface area (Å²) in [5.41, 5.74) is 5.47. The summed E-state index contributed by atoms with van der Waals surface area (Å²) in [4.78, 5) is 4.98. The zero-order chi connectivity index (χ0) is 24.9. The highest BCUT2D eigenvalue weighted by atomic mass is 16.5. The zero-order valence-corrected chi connectivity index (χ0v) is 21.0. The van der Waals surface area contributed by atoms with Gasteiger partial charge >= 0.3 is 0 Å². The molecule has 1 unspecified atom stereocenters. The Kier molecular flexibility index (Phi) is 6.99. The fourth-order valence-electron chi connectivity index (χ4n) is 4.54. The first-order valence-corrected chi connectivity index (χ1v) is 12.5. The summed E-state index contributed by atoms with van der Waals surface area (Å²) in [6.07, 6.45) is 4.99. The van der Waals surface area contributed by atoms with E-state index in [1.807, 2.05) is 44.2 Å². The molecule has 36 heavy (non-hydrogen) atoms.